The van der Waals surface area contributed by atoms with Crippen molar-refractivity contribution >= 4 is 5.78 Å². The highest BCUT2D eigenvalue weighted by molar-refractivity contribution is 5.97. The number of rotatable bonds is 7. The molecule has 1 saturated carbocycles. The average molecular weight is 252 g/mol. The quantitative estimate of drug-likeness (QED) is 0.553. The minimum Gasteiger partial charge on any atom is -0.494 e. The predicted octanol–water partition coefficient (Wildman–Crippen LogP) is 2.83. The third-order valence-electron chi connectivity index (χ3n) is 3.07. The number of benzene rings is 1. The van der Waals surface area contributed by atoms with Gasteiger partial charge in [-0.2, -0.15) is 0 Å². The summed E-state index contributed by atoms with van der Waals surface area (Å²) in [6.07, 6.45) is 3.58. The van der Waals surface area contributed by atoms with Crippen LogP contribution in [0.3, 0.4) is 0 Å². The van der Waals surface area contributed by atoms with Gasteiger partial charge in [-0.1, -0.05) is 12.8 Å². The lowest BCUT2D eigenvalue weighted by atomic mass is 10.1. The van der Waals surface area contributed by atoms with E-state index in [9.17, 15) is 9.18 Å². The Morgan fingerprint density at radius 3 is 2.83 bits per heavy atom. The van der Waals surface area contributed by atoms with Crippen molar-refractivity contribution in [3.63, 3.8) is 0 Å². The van der Waals surface area contributed by atoms with Crippen molar-refractivity contribution in [2.24, 2.45) is 5.92 Å². The van der Waals surface area contributed by atoms with E-state index in [1.165, 1.54) is 32.1 Å². The Balaban J connectivity index is 1.81. The number of carbonyl (C=O) groups is 1. The first-order chi connectivity index (χ1) is 8.70. The van der Waals surface area contributed by atoms with Gasteiger partial charge in [-0.05, 0) is 30.5 Å². The molecule has 4 heteroatoms. The molecule has 1 aliphatic rings. The minimum absolute atomic E-state index is 0.0124. The Hall–Kier alpha value is -1.42. The van der Waals surface area contributed by atoms with Gasteiger partial charge in [0.25, 0.3) is 0 Å². The molecule has 0 aliphatic heterocycles. The van der Waals surface area contributed by atoms with E-state index >= 15 is 0 Å². The highest BCUT2D eigenvalue weighted by Gasteiger charge is 2.20. The first-order valence-corrected chi connectivity index (χ1v) is 6.15. The van der Waals surface area contributed by atoms with Gasteiger partial charge in [-0.15, -0.1) is 0 Å². The third-order valence-corrected chi connectivity index (χ3v) is 3.07. The van der Waals surface area contributed by atoms with E-state index in [4.69, 9.17) is 9.47 Å². The fourth-order valence-corrected chi connectivity index (χ4v) is 1.74. The van der Waals surface area contributed by atoms with Crippen LogP contribution in [0.2, 0.25) is 0 Å². The van der Waals surface area contributed by atoms with Crippen molar-refractivity contribution in [2.75, 3.05) is 20.3 Å². The summed E-state index contributed by atoms with van der Waals surface area (Å²) in [4.78, 5) is 11.7. The van der Waals surface area contributed by atoms with Gasteiger partial charge in [0.15, 0.2) is 17.3 Å². The van der Waals surface area contributed by atoms with Crippen LogP contribution < -0.4 is 4.74 Å². The van der Waals surface area contributed by atoms with Crippen molar-refractivity contribution in [2.45, 2.75) is 19.3 Å². The molecule has 3 nitrogen and oxygen atoms in total. The average Bonchev–Trinajstić information content (AvgIpc) is 3.18. The summed E-state index contributed by atoms with van der Waals surface area (Å²) in [5.41, 5.74) is 0.319. The lowest BCUT2D eigenvalue weighted by Gasteiger charge is -2.05. The van der Waals surface area contributed by atoms with Crippen LogP contribution in [-0.2, 0) is 4.74 Å². The van der Waals surface area contributed by atoms with E-state index in [1.54, 1.807) is 6.07 Å². The smallest absolute Gasteiger partial charge is 0.188 e. The molecule has 0 amide bonds. The maximum atomic E-state index is 13.4. The fraction of sp³-hybridized carbons (Fsp3) is 0.500. The van der Waals surface area contributed by atoms with Gasteiger partial charge in [-0.3, -0.25) is 4.79 Å². The van der Waals surface area contributed by atoms with Gasteiger partial charge in [0.05, 0.1) is 7.11 Å². The summed E-state index contributed by atoms with van der Waals surface area (Å²) in [5.74, 6) is 0.202. The molecular formula is C14H17FO3. The Bertz CT molecular complexity index is 427. The van der Waals surface area contributed by atoms with E-state index < -0.39 is 5.82 Å². The second-order valence-corrected chi connectivity index (χ2v) is 4.56. The number of hydrogen-bond donors (Lipinski definition) is 0. The molecule has 1 aromatic carbocycles. The Kier molecular flexibility index (Phi) is 4.31. The molecule has 2 rings (SSSR count). The van der Waals surface area contributed by atoms with E-state index in [0.29, 0.717) is 12.2 Å². The Morgan fingerprint density at radius 1 is 1.44 bits per heavy atom. The molecule has 0 radical (unpaired) electrons. The van der Waals surface area contributed by atoms with E-state index in [0.717, 1.165) is 12.3 Å². The number of methoxy groups -OCH3 is 1. The highest BCUT2D eigenvalue weighted by atomic mass is 19.1. The van der Waals surface area contributed by atoms with E-state index in [-0.39, 0.29) is 18.1 Å². The summed E-state index contributed by atoms with van der Waals surface area (Å²) in [7, 11) is 1.39. The van der Waals surface area contributed by atoms with Crippen LogP contribution in [0.4, 0.5) is 4.39 Å². The molecule has 1 fully saturated rings. The van der Waals surface area contributed by atoms with Gasteiger partial charge < -0.3 is 9.47 Å². The van der Waals surface area contributed by atoms with E-state index in [1.807, 2.05) is 0 Å². The van der Waals surface area contributed by atoms with Crippen LogP contribution in [0.15, 0.2) is 18.2 Å². The monoisotopic (exact) mass is 252 g/mol. The fourth-order valence-electron chi connectivity index (χ4n) is 1.74. The zero-order valence-electron chi connectivity index (χ0n) is 10.4. The Morgan fingerprint density at radius 2 is 2.22 bits per heavy atom. The second-order valence-electron chi connectivity index (χ2n) is 4.56. The summed E-state index contributed by atoms with van der Waals surface area (Å²) in [6, 6.07) is 4.19. The van der Waals surface area contributed by atoms with Gasteiger partial charge in [0.1, 0.15) is 6.61 Å². The highest BCUT2D eigenvalue weighted by Crippen LogP contribution is 2.32. The maximum Gasteiger partial charge on any atom is 0.188 e. The molecule has 0 atom stereocenters. The molecule has 18 heavy (non-hydrogen) atoms. The largest absolute Gasteiger partial charge is 0.494 e. The first kappa shape index (κ1) is 13.0. The zero-order chi connectivity index (χ0) is 13.0. The number of carbonyl (C=O) groups excluding carboxylic acids is 1. The summed E-state index contributed by atoms with van der Waals surface area (Å²) < 4.78 is 23.5. The normalized spacial score (nSPS) is 14.6. The van der Waals surface area contributed by atoms with Gasteiger partial charge >= 0.3 is 0 Å². The van der Waals surface area contributed by atoms with Crippen molar-refractivity contribution in [1.29, 1.82) is 0 Å². The molecule has 0 unspecified atom stereocenters. The molecule has 0 spiro atoms. The molecule has 0 bridgehead atoms. The van der Waals surface area contributed by atoms with Crippen LogP contribution in [0.25, 0.3) is 0 Å². The van der Waals surface area contributed by atoms with Crippen LogP contribution in [0, 0.1) is 11.7 Å². The predicted molar refractivity (Wildman–Crippen MR) is 65.4 cm³/mol. The number of ketones is 1. The van der Waals surface area contributed by atoms with Crippen molar-refractivity contribution in [3.05, 3.63) is 29.6 Å². The van der Waals surface area contributed by atoms with Crippen LogP contribution in [0.1, 0.15) is 29.6 Å². The van der Waals surface area contributed by atoms with E-state index in [2.05, 4.69) is 0 Å². The standard InChI is InChI=1S/C14H17FO3/c1-17-14-5-4-11(8-12(14)15)13(16)9-18-7-6-10-2-3-10/h4-5,8,10H,2-3,6-7,9H2,1H3. The van der Waals surface area contributed by atoms with Gasteiger partial charge in [-0.25, -0.2) is 4.39 Å². The Labute approximate surface area is 106 Å². The maximum absolute atomic E-state index is 13.4. The molecule has 0 N–H and O–H groups in total. The van der Waals surface area contributed by atoms with Crippen molar-refractivity contribution < 1.29 is 18.7 Å². The SMILES string of the molecule is COc1ccc(C(=O)COCCC2CC2)cc1F. The third kappa shape index (κ3) is 3.53. The zero-order valence-corrected chi connectivity index (χ0v) is 10.4. The van der Waals surface area contributed by atoms with Gasteiger partial charge in [0.2, 0.25) is 0 Å². The molecule has 1 aromatic rings. The molecule has 0 aromatic heterocycles. The summed E-state index contributed by atoms with van der Waals surface area (Å²) in [6.45, 7) is 0.619. The number of Topliss-reactive ketones (excluding diaryl/α,β-unsaturated/α-hetero) is 1. The molecule has 1 aliphatic carbocycles. The molecular weight excluding hydrogens is 235 g/mol. The topological polar surface area (TPSA) is 35.5 Å². The lowest BCUT2D eigenvalue weighted by Crippen LogP contribution is -2.10. The molecule has 0 heterocycles. The van der Waals surface area contributed by atoms with Crippen LogP contribution in [0.5, 0.6) is 5.75 Å². The second kappa shape index (κ2) is 5.96. The molecule has 0 saturated heterocycles. The summed E-state index contributed by atoms with van der Waals surface area (Å²) >= 11 is 0. The number of hydrogen-bond acceptors (Lipinski definition) is 3. The van der Waals surface area contributed by atoms with Crippen molar-refractivity contribution in [1.82, 2.24) is 0 Å². The minimum atomic E-state index is -0.527. The van der Waals surface area contributed by atoms with Gasteiger partial charge in [0, 0.05) is 12.2 Å². The van der Waals surface area contributed by atoms with Crippen LogP contribution in [-0.4, -0.2) is 26.1 Å². The summed E-state index contributed by atoms with van der Waals surface area (Å²) in [5, 5.41) is 0. The molecule has 98 valence electrons. The number of ether oxygens (including phenoxy) is 2. The first-order valence-electron chi connectivity index (χ1n) is 6.15. The van der Waals surface area contributed by atoms with Crippen LogP contribution >= 0.6 is 0 Å². The number of halogens is 1. The van der Waals surface area contributed by atoms with Crippen molar-refractivity contribution in [3.8, 4) is 5.75 Å². The lowest BCUT2D eigenvalue weighted by molar-refractivity contribution is 0.0748.